The molecule has 10 aromatic carbocycles. The highest BCUT2D eigenvalue weighted by molar-refractivity contribution is 7.26. The smallest absolute Gasteiger partial charge is 0.136 e. The minimum atomic E-state index is 0.916. The van der Waals surface area contributed by atoms with E-state index in [1.165, 1.54) is 91.1 Å². The summed E-state index contributed by atoms with van der Waals surface area (Å²) in [6, 6.07) is 66.7. The van der Waals surface area contributed by atoms with Crippen molar-refractivity contribution in [3.8, 4) is 33.4 Å². The van der Waals surface area contributed by atoms with Gasteiger partial charge in [-0.25, -0.2) is 0 Å². The molecule has 0 aliphatic rings. The van der Waals surface area contributed by atoms with Crippen molar-refractivity contribution in [3.63, 3.8) is 0 Å². The zero-order valence-corrected chi connectivity index (χ0v) is 30.0. The van der Waals surface area contributed by atoms with Gasteiger partial charge in [-0.15, -0.1) is 11.3 Å². The van der Waals surface area contributed by atoms with Gasteiger partial charge in [0.1, 0.15) is 11.2 Å². The first kappa shape index (κ1) is 29.8. The van der Waals surface area contributed by atoms with Crippen LogP contribution in [0.15, 0.2) is 186 Å². The Morgan fingerprint density at radius 1 is 0.296 bits per heavy atom. The molecule has 0 saturated heterocycles. The number of rotatable bonds is 3. The first-order valence-corrected chi connectivity index (χ1v) is 19.3. The second-order valence-corrected chi connectivity index (χ2v) is 15.5. The largest absolute Gasteiger partial charge is 0.456 e. The van der Waals surface area contributed by atoms with Crippen LogP contribution in [0, 0.1) is 0 Å². The Bertz CT molecular complexity index is 3430. The third-order valence-corrected chi connectivity index (χ3v) is 12.5. The van der Waals surface area contributed by atoms with Crippen LogP contribution in [0.5, 0.6) is 0 Å². The molecular weight excluding hydrogens is 673 g/mol. The third kappa shape index (κ3) is 4.38. The van der Waals surface area contributed by atoms with Gasteiger partial charge in [0.2, 0.25) is 0 Å². The van der Waals surface area contributed by atoms with Crippen molar-refractivity contribution < 1.29 is 4.42 Å². The fourth-order valence-electron chi connectivity index (χ4n) is 8.92. The predicted molar refractivity (Wildman–Crippen MR) is 233 cm³/mol. The molecule has 12 aromatic rings. The number of hydrogen-bond donors (Lipinski definition) is 0. The summed E-state index contributed by atoms with van der Waals surface area (Å²) in [7, 11) is 0. The highest BCUT2D eigenvalue weighted by atomic mass is 32.1. The molecule has 54 heavy (non-hydrogen) atoms. The standard InChI is InChI=1S/C52H30OS/c1-2-11-35-27-37(22-19-31(35)9-1)51-42-15-7-5-13-40(42)50(41-14-6-8-16-43(41)51)34-20-17-32(18-21-34)36-23-25-39-44-29-45-49(30-47(44)53-46(39)28-36)54-48-26-24-33-10-3-4-12-38(33)52(45)48/h1-30H. The van der Waals surface area contributed by atoms with Crippen LogP contribution in [0.25, 0.3) is 119 Å². The maximum atomic E-state index is 6.57. The molecular formula is C52H30OS. The van der Waals surface area contributed by atoms with Crippen LogP contribution in [0.1, 0.15) is 0 Å². The summed E-state index contributed by atoms with van der Waals surface area (Å²) >= 11 is 1.84. The van der Waals surface area contributed by atoms with Gasteiger partial charge in [-0.1, -0.05) is 146 Å². The fraction of sp³-hybridized carbons (Fsp3) is 0. The van der Waals surface area contributed by atoms with Crippen LogP contribution in [0.4, 0.5) is 0 Å². The van der Waals surface area contributed by atoms with Gasteiger partial charge in [0.05, 0.1) is 0 Å². The summed E-state index contributed by atoms with van der Waals surface area (Å²) < 4.78 is 9.15. The highest BCUT2D eigenvalue weighted by Crippen LogP contribution is 2.45. The lowest BCUT2D eigenvalue weighted by Gasteiger charge is -2.18. The van der Waals surface area contributed by atoms with E-state index >= 15 is 0 Å². The van der Waals surface area contributed by atoms with Gasteiger partial charge in [0, 0.05) is 30.9 Å². The average molecular weight is 703 g/mol. The van der Waals surface area contributed by atoms with Gasteiger partial charge in [-0.2, -0.15) is 0 Å². The number of fused-ring (bicyclic) bond motifs is 11. The fourth-order valence-corrected chi connectivity index (χ4v) is 10.1. The molecule has 250 valence electrons. The molecule has 2 heterocycles. The SMILES string of the molecule is c1ccc2cc(-c3c4ccccc4c(-c4ccc(-c5ccc6c(c5)oc5cc7sc8ccc9ccccc9c8c7cc56)cc4)c4ccccc34)ccc2c1. The minimum Gasteiger partial charge on any atom is -0.456 e. The van der Waals surface area contributed by atoms with Gasteiger partial charge in [-0.05, 0) is 113 Å². The molecule has 0 radical (unpaired) electrons. The first-order valence-electron chi connectivity index (χ1n) is 18.5. The lowest BCUT2D eigenvalue weighted by molar-refractivity contribution is 0.669. The van der Waals surface area contributed by atoms with E-state index in [2.05, 4.69) is 182 Å². The summed E-state index contributed by atoms with van der Waals surface area (Å²) in [5.41, 5.74) is 9.17. The predicted octanol–water partition coefficient (Wildman–Crippen LogP) is 15.6. The molecule has 0 N–H and O–H groups in total. The Morgan fingerprint density at radius 3 is 1.59 bits per heavy atom. The third-order valence-electron chi connectivity index (χ3n) is 11.4. The van der Waals surface area contributed by atoms with E-state index in [1.807, 2.05) is 11.3 Å². The van der Waals surface area contributed by atoms with Crippen molar-refractivity contribution in [2.24, 2.45) is 0 Å². The molecule has 2 heteroatoms. The lowest BCUT2D eigenvalue weighted by atomic mass is 9.85. The number of hydrogen-bond acceptors (Lipinski definition) is 2. The van der Waals surface area contributed by atoms with Gasteiger partial charge >= 0.3 is 0 Å². The Kier molecular flexibility index (Phi) is 6.28. The van der Waals surface area contributed by atoms with E-state index in [1.54, 1.807) is 0 Å². The summed E-state index contributed by atoms with van der Waals surface area (Å²) in [6.45, 7) is 0. The van der Waals surface area contributed by atoms with Crippen molar-refractivity contribution in [1.29, 1.82) is 0 Å². The van der Waals surface area contributed by atoms with Crippen LogP contribution in [-0.2, 0) is 0 Å². The lowest BCUT2D eigenvalue weighted by Crippen LogP contribution is -1.91. The zero-order chi connectivity index (χ0) is 35.3. The van der Waals surface area contributed by atoms with Crippen LogP contribution in [-0.4, -0.2) is 0 Å². The van der Waals surface area contributed by atoms with E-state index in [4.69, 9.17) is 4.42 Å². The Balaban J connectivity index is 0.973. The van der Waals surface area contributed by atoms with E-state index < -0.39 is 0 Å². The molecule has 0 unspecified atom stereocenters. The summed E-state index contributed by atoms with van der Waals surface area (Å²) in [6.07, 6.45) is 0. The van der Waals surface area contributed by atoms with E-state index in [0.717, 1.165) is 27.5 Å². The summed E-state index contributed by atoms with van der Waals surface area (Å²) in [5.74, 6) is 0. The molecule has 0 atom stereocenters. The van der Waals surface area contributed by atoms with Gasteiger partial charge in [0.25, 0.3) is 0 Å². The topological polar surface area (TPSA) is 13.1 Å². The van der Waals surface area contributed by atoms with E-state index in [-0.39, 0.29) is 0 Å². The van der Waals surface area contributed by atoms with Crippen molar-refractivity contribution in [1.82, 2.24) is 0 Å². The van der Waals surface area contributed by atoms with Crippen LogP contribution < -0.4 is 0 Å². The molecule has 0 amide bonds. The molecule has 0 spiro atoms. The van der Waals surface area contributed by atoms with Crippen molar-refractivity contribution in [3.05, 3.63) is 182 Å². The average Bonchev–Trinajstić information content (AvgIpc) is 3.78. The van der Waals surface area contributed by atoms with Crippen molar-refractivity contribution in [2.45, 2.75) is 0 Å². The van der Waals surface area contributed by atoms with E-state index in [0.29, 0.717) is 0 Å². The first-order chi connectivity index (χ1) is 26.7. The van der Waals surface area contributed by atoms with Crippen LogP contribution in [0.2, 0.25) is 0 Å². The summed E-state index contributed by atoms with van der Waals surface area (Å²) in [5, 5.41) is 15.1. The molecule has 2 aromatic heterocycles. The number of benzene rings is 10. The molecule has 0 fully saturated rings. The van der Waals surface area contributed by atoms with E-state index in [9.17, 15) is 0 Å². The normalized spacial score (nSPS) is 12.1. The van der Waals surface area contributed by atoms with Gasteiger partial charge in [0.15, 0.2) is 0 Å². The number of thiophene rings is 1. The molecule has 0 aliphatic heterocycles. The Labute approximate surface area is 314 Å². The maximum Gasteiger partial charge on any atom is 0.136 e. The molecule has 1 nitrogen and oxygen atoms in total. The second-order valence-electron chi connectivity index (χ2n) is 14.4. The highest BCUT2D eigenvalue weighted by Gasteiger charge is 2.18. The van der Waals surface area contributed by atoms with Crippen molar-refractivity contribution in [2.75, 3.05) is 0 Å². The van der Waals surface area contributed by atoms with Crippen molar-refractivity contribution >= 4 is 96.5 Å². The Morgan fingerprint density at radius 2 is 0.852 bits per heavy atom. The Hall–Kier alpha value is -6.74. The second kappa shape index (κ2) is 11.4. The molecule has 0 saturated carbocycles. The monoisotopic (exact) mass is 702 g/mol. The quantitative estimate of drug-likeness (QED) is 0.167. The molecule has 12 rings (SSSR count). The van der Waals surface area contributed by atoms with Gasteiger partial charge < -0.3 is 4.42 Å². The van der Waals surface area contributed by atoms with Crippen LogP contribution in [0.3, 0.4) is 0 Å². The van der Waals surface area contributed by atoms with Gasteiger partial charge in [-0.3, -0.25) is 0 Å². The maximum absolute atomic E-state index is 6.57. The summed E-state index contributed by atoms with van der Waals surface area (Å²) in [4.78, 5) is 0. The molecule has 0 bridgehead atoms. The molecule has 0 aliphatic carbocycles. The zero-order valence-electron chi connectivity index (χ0n) is 29.1. The minimum absolute atomic E-state index is 0.916. The number of furan rings is 1. The van der Waals surface area contributed by atoms with Crippen LogP contribution >= 0.6 is 11.3 Å².